The second kappa shape index (κ2) is 9.33. The van der Waals surface area contributed by atoms with Gasteiger partial charge in [0.05, 0.1) is 7.11 Å². The Morgan fingerprint density at radius 2 is 2.00 bits per heavy atom. The molecule has 1 aromatic carbocycles. The number of carboxylic acids is 1. The third-order valence-electron chi connectivity index (χ3n) is 6.43. The Morgan fingerprint density at radius 1 is 1.26 bits per heavy atom. The van der Waals surface area contributed by atoms with Crippen molar-refractivity contribution in [3.63, 3.8) is 0 Å². The first-order valence-electron chi connectivity index (χ1n) is 10.2. The number of benzene rings is 1. The van der Waals surface area contributed by atoms with E-state index in [4.69, 9.17) is 19.4 Å². The van der Waals surface area contributed by atoms with E-state index in [9.17, 15) is 18.0 Å². The van der Waals surface area contributed by atoms with Gasteiger partial charge in [0.25, 0.3) is 0 Å². The summed E-state index contributed by atoms with van der Waals surface area (Å²) in [7, 11) is 1.29. The van der Waals surface area contributed by atoms with Gasteiger partial charge in [-0.2, -0.15) is 13.2 Å². The monoisotopic (exact) mass is 445 g/mol. The molecule has 1 saturated carbocycles. The molecule has 31 heavy (non-hydrogen) atoms. The van der Waals surface area contributed by atoms with E-state index < -0.39 is 18.3 Å². The number of aliphatic carboxylic acids is 1. The normalized spacial score (nSPS) is 26.3. The molecule has 0 radical (unpaired) electrons. The summed E-state index contributed by atoms with van der Waals surface area (Å²) in [4.78, 5) is 19.9. The van der Waals surface area contributed by atoms with Crippen molar-refractivity contribution in [2.45, 2.75) is 56.2 Å². The third kappa shape index (κ3) is 5.06. The second-order valence-electron chi connectivity index (χ2n) is 8.01. The maximum Gasteiger partial charge on any atom is 0.510 e. The second-order valence-corrected chi connectivity index (χ2v) is 8.01. The highest BCUT2D eigenvalue weighted by Gasteiger charge is 2.51. The Hall–Kier alpha value is -2.49. The minimum Gasteiger partial charge on any atom is -0.475 e. The number of rotatable bonds is 3. The van der Waals surface area contributed by atoms with Crippen molar-refractivity contribution in [3.05, 3.63) is 29.3 Å². The molecule has 172 valence electrons. The van der Waals surface area contributed by atoms with Crippen molar-refractivity contribution in [2.75, 3.05) is 20.4 Å². The molecule has 3 aliphatic rings. The number of ether oxygens (including phenoxy) is 3. The van der Waals surface area contributed by atoms with Gasteiger partial charge in [0.15, 0.2) is 0 Å². The van der Waals surface area contributed by atoms with Crippen LogP contribution >= 0.6 is 0 Å². The van der Waals surface area contributed by atoms with Gasteiger partial charge < -0.3 is 24.6 Å². The van der Waals surface area contributed by atoms with Crippen LogP contribution in [0.2, 0.25) is 0 Å². The first-order valence-corrected chi connectivity index (χ1v) is 10.2. The molecule has 0 unspecified atom stereocenters. The molecule has 2 aliphatic carbocycles. The van der Waals surface area contributed by atoms with Crippen LogP contribution in [0.3, 0.4) is 0 Å². The van der Waals surface area contributed by atoms with Crippen LogP contribution in [0.5, 0.6) is 5.75 Å². The molecule has 10 heteroatoms. The van der Waals surface area contributed by atoms with E-state index in [2.05, 4.69) is 22.2 Å². The zero-order valence-electron chi connectivity index (χ0n) is 17.2. The molecule has 1 aliphatic heterocycles. The van der Waals surface area contributed by atoms with Crippen LogP contribution in [-0.4, -0.2) is 49.9 Å². The van der Waals surface area contributed by atoms with E-state index in [1.807, 2.05) is 6.07 Å². The van der Waals surface area contributed by atoms with E-state index in [1.165, 1.54) is 50.3 Å². The number of carbonyl (C=O) groups excluding carboxylic acids is 1. The van der Waals surface area contributed by atoms with Crippen LogP contribution < -0.4 is 10.1 Å². The van der Waals surface area contributed by atoms with Gasteiger partial charge in [-0.15, -0.1) is 0 Å². The highest BCUT2D eigenvalue weighted by atomic mass is 19.4. The van der Waals surface area contributed by atoms with Crippen molar-refractivity contribution in [1.82, 2.24) is 5.32 Å². The van der Waals surface area contributed by atoms with Crippen LogP contribution in [0, 0.1) is 5.92 Å². The first-order chi connectivity index (χ1) is 14.7. The first kappa shape index (κ1) is 23.2. The number of halogens is 3. The average molecular weight is 445 g/mol. The number of piperidine rings is 1. The number of hydrogen-bond donors (Lipinski definition) is 2. The molecule has 3 atom stereocenters. The maximum absolute atomic E-state index is 11.0. The Kier molecular flexibility index (Phi) is 6.98. The van der Waals surface area contributed by atoms with Crippen molar-refractivity contribution in [1.29, 1.82) is 0 Å². The molecular formula is C21H26F3NO6. The number of methoxy groups -OCH3 is 1. The number of fused-ring (bicyclic) bond motifs is 1. The lowest BCUT2D eigenvalue weighted by molar-refractivity contribution is -0.192. The molecule has 0 aromatic heterocycles. The van der Waals surface area contributed by atoms with Crippen LogP contribution in [0.15, 0.2) is 18.2 Å². The summed E-state index contributed by atoms with van der Waals surface area (Å²) in [6.07, 6.45) is 1.80. The maximum atomic E-state index is 11.0. The van der Waals surface area contributed by atoms with Gasteiger partial charge in [-0.05, 0) is 61.4 Å². The molecule has 0 spiro atoms. The number of alkyl halides is 3. The summed E-state index contributed by atoms with van der Waals surface area (Å²) in [6, 6.07) is 6.99. The zero-order valence-corrected chi connectivity index (χ0v) is 17.2. The van der Waals surface area contributed by atoms with Gasteiger partial charge in [-0.3, -0.25) is 0 Å². The van der Waals surface area contributed by atoms with Crippen LogP contribution in [-0.2, 0) is 26.1 Å². The Balaban J connectivity index is 0.000000339. The molecule has 2 bridgehead atoms. The highest BCUT2D eigenvalue weighted by molar-refractivity contribution is 5.73. The summed E-state index contributed by atoms with van der Waals surface area (Å²) in [5.41, 5.74) is 3.23. The SMILES string of the molecule is COC(=O)OCOc1ccc2c(c1)[C@]13CCCC[C@@H]1[C@@H](C2)NCC3.O=C(O)C(F)(F)F. The Morgan fingerprint density at radius 3 is 2.68 bits per heavy atom. The van der Waals surface area contributed by atoms with Crippen molar-refractivity contribution >= 4 is 12.1 Å². The number of nitrogens with one attached hydrogen (secondary N) is 1. The predicted molar refractivity (Wildman–Crippen MR) is 103 cm³/mol. The molecule has 1 saturated heterocycles. The molecule has 0 amide bonds. The fourth-order valence-electron chi connectivity index (χ4n) is 5.20. The van der Waals surface area contributed by atoms with E-state index in [0.29, 0.717) is 11.5 Å². The summed E-state index contributed by atoms with van der Waals surface area (Å²) in [5.74, 6) is -1.24. The van der Waals surface area contributed by atoms with Gasteiger partial charge in [0, 0.05) is 11.5 Å². The third-order valence-corrected chi connectivity index (χ3v) is 6.43. The summed E-state index contributed by atoms with van der Waals surface area (Å²) < 4.78 is 46.6. The fraction of sp³-hybridized carbons (Fsp3) is 0.619. The quantitative estimate of drug-likeness (QED) is 0.540. The minimum atomic E-state index is -5.08. The Labute approximate surface area is 177 Å². The minimum absolute atomic E-state index is 0.119. The molecule has 4 rings (SSSR count). The standard InChI is InChI=1S/C19H25NO4.C2HF3O2/c1-22-18(21)24-12-23-14-6-5-13-10-17-15-4-2-3-7-19(15,8-9-20-17)16(13)11-14;3-2(4,5)1(6)7/h5-6,11,15,17,20H,2-4,7-10,12H2,1H3;(H,6,7)/t15-,17-,19+;/m1./s1. The van der Waals surface area contributed by atoms with Crippen molar-refractivity contribution in [2.24, 2.45) is 5.92 Å². The zero-order chi connectivity index (χ0) is 22.6. The Bertz CT molecular complexity index is 811. The van der Waals surface area contributed by atoms with E-state index in [0.717, 1.165) is 24.6 Å². The van der Waals surface area contributed by atoms with Gasteiger partial charge >= 0.3 is 18.3 Å². The highest BCUT2D eigenvalue weighted by Crippen LogP contribution is 2.54. The molecule has 1 heterocycles. The van der Waals surface area contributed by atoms with Gasteiger partial charge in [0.2, 0.25) is 6.79 Å². The average Bonchev–Trinajstić information content (AvgIpc) is 2.73. The van der Waals surface area contributed by atoms with E-state index in [1.54, 1.807) is 0 Å². The lowest BCUT2D eigenvalue weighted by Crippen LogP contribution is -2.59. The molecular weight excluding hydrogens is 419 g/mol. The lowest BCUT2D eigenvalue weighted by atomic mass is 9.53. The van der Waals surface area contributed by atoms with Crippen LogP contribution in [0.4, 0.5) is 18.0 Å². The molecule has 2 N–H and O–H groups in total. The fourth-order valence-corrected chi connectivity index (χ4v) is 5.20. The number of hydrogen-bond acceptors (Lipinski definition) is 6. The van der Waals surface area contributed by atoms with Gasteiger partial charge in [-0.1, -0.05) is 18.9 Å². The number of carboxylic acid groups (broad SMARTS) is 1. The molecule has 2 fully saturated rings. The lowest BCUT2D eigenvalue weighted by Gasteiger charge is -2.56. The van der Waals surface area contributed by atoms with Crippen LogP contribution in [0.1, 0.15) is 43.2 Å². The summed E-state index contributed by atoms with van der Waals surface area (Å²) in [6.45, 7) is 0.989. The van der Waals surface area contributed by atoms with Gasteiger partial charge in [-0.25, -0.2) is 9.59 Å². The largest absolute Gasteiger partial charge is 0.510 e. The predicted octanol–water partition coefficient (Wildman–Crippen LogP) is 3.79. The molecule has 7 nitrogen and oxygen atoms in total. The van der Waals surface area contributed by atoms with Crippen LogP contribution in [0.25, 0.3) is 0 Å². The summed E-state index contributed by atoms with van der Waals surface area (Å²) >= 11 is 0. The van der Waals surface area contributed by atoms with E-state index in [-0.39, 0.29) is 6.79 Å². The smallest absolute Gasteiger partial charge is 0.475 e. The molecule has 1 aromatic rings. The topological polar surface area (TPSA) is 94.1 Å². The van der Waals surface area contributed by atoms with E-state index >= 15 is 0 Å². The summed E-state index contributed by atoms with van der Waals surface area (Å²) in [5, 5.41) is 10.9. The van der Waals surface area contributed by atoms with Crippen molar-refractivity contribution < 1.29 is 42.1 Å². The van der Waals surface area contributed by atoms with Gasteiger partial charge in [0.1, 0.15) is 5.75 Å². The van der Waals surface area contributed by atoms with Crippen molar-refractivity contribution in [3.8, 4) is 5.75 Å². The number of carbonyl (C=O) groups is 2.